The van der Waals surface area contributed by atoms with Gasteiger partial charge in [0, 0.05) is 6.61 Å². The number of aromatic amines is 1. The lowest BCUT2D eigenvalue weighted by Crippen LogP contribution is -2.06. The van der Waals surface area contributed by atoms with Crippen LogP contribution in [0.1, 0.15) is 30.3 Å². The first kappa shape index (κ1) is 17.5. The molecule has 25 heavy (non-hydrogen) atoms. The van der Waals surface area contributed by atoms with Crippen LogP contribution in [0, 0.1) is 4.77 Å². The predicted octanol–water partition coefficient (Wildman–Crippen LogP) is 3.28. The quantitative estimate of drug-likeness (QED) is 0.624. The molecule has 0 amide bonds. The van der Waals surface area contributed by atoms with Gasteiger partial charge in [-0.25, -0.2) is 0 Å². The molecule has 134 valence electrons. The minimum Gasteiger partial charge on any atom is -0.493 e. The van der Waals surface area contributed by atoms with Crippen LogP contribution >= 0.6 is 12.2 Å². The lowest BCUT2D eigenvalue weighted by Gasteiger charge is -2.10. The molecule has 1 saturated heterocycles. The first-order valence-corrected chi connectivity index (χ1v) is 7.95. The Morgan fingerprint density at radius 1 is 1.48 bits per heavy atom. The van der Waals surface area contributed by atoms with Crippen LogP contribution in [0.3, 0.4) is 0 Å². The number of H-pyrrole nitrogens is 1. The van der Waals surface area contributed by atoms with Gasteiger partial charge in [-0.1, -0.05) is 0 Å². The Hall–Kier alpha value is -2.33. The van der Waals surface area contributed by atoms with E-state index < -0.39 is 6.61 Å². The number of alkyl halides is 2. The van der Waals surface area contributed by atoms with E-state index in [0.717, 1.165) is 12.8 Å². The number of benzene rings is 1. The zero-order chi connectivity index (χ0) is 17.8. The highest BCUT2D eigenvalue weighted by atomic mass is 32.1. The third-order valence-electron chi connectivity index (χ3n) is 3.62. The Kier molecular flexibility index (Phi) is 5.39. The van der Waals surface area contributed by atoms with E-state index in [-0.39, 0.29) is 17.6 Å². The molecule has 10 heteroatoms. The molecule has 7 nitrogen and oxygen atoms in total. The topological polar surface area (TPSA) is 73.7 Å². The summed E-state index contributed by atoms with van der Waals surface area (Å²) in [4.78, 5) is 0. The van der Waals surface area contributed by atoms with Gasteiger partial charge in [-0.05, 0) is 48.8 Å². The van der Waals surface area contributed by atoms with E-state index in [0.29, 0.717) is 22.8 Å². The van der Waals surface area contributed by atoms with Crippen molar-refractivity contribution in [2.75, 3.05) is 13.7 Å². The molecule has 0 bridgehead atoms. The number of nitrogens with zero attached hydrogens (tertiary/aromatic N) is 3. The molecular weight excluding hydrogens is 354 g/mol. The van der Waals surface area contributed by atoms with E-state index in [1.807, 2.05) is 0 Å². The van der Waals surface area contributed by atoms with E-state index in [9.17, 15) is 8.78 Å². The van der Waals surface area contributed by atoms with Crippen molar-refractivity contribution in [2.24, 2.45) is 5.10 Å². The molecule has 0 unspecified atom stereocenters. The molecule has 0 spiro atoms. The van der Waals surface area contributed by atoms with Crippen LogP contribution in [-0.4, -0.2) is 41.4 Å². The third-order valence-corrected chi connectivity index (χ3v) is 3.88. The molecule has 1 aliphatic heterocycles. The van der Waals surface area contributed by atoms with Crippen LogP contribution in [-0.2, 0) is 4.74 Å². The summed E-state index contributed by atoms with van der Waals surface area (Å²) in [5.41, 5.74) is 0.625. The maximum absolute atomic E-state index is 12.4. The van der Waals surface area contributed by atoms with Crippen LogP contribution in [0.4, 0.5) is 8.78 Å². The van der Waals surface area contributed by atoms with Crippen molar-refractivity contribution >= 4 is 18.4 Å². The van der Waals surface area contributed by atoms with Crippen LogP contribution in [0.5, 0.6) is 11.5 Å². The van der Waals surface area contributed by atoms with Gasteiger partial charge in [-0.15, -0.1) is 0 Å². The smallest absolute Gasteiger partial charge is 0.387 e. The lowest BCUT2D eigenvalue weighted by molar-refractivity contribution is -0.0512. The van der Waals surface area contributed by atoms with Gasteiger partial charge in [0.1, 0.15) is 6.10 Å². The molecule has 0 radical (unpaired) electrons. The molecule has 1 aliphatic rings. The molecule has 0 saturated carbocycles. The van der Waals surface area contributed by atoms with Crippen molar-refractivity contribution in [1.29, 1.82) is 0 Å². The summed E-state index contributed by atoms with van der Waals surface area (Å²) in [7, 11) is 1.37. The van der Waals surface area contributed by atoms with Crippen molar-refractivity contribution in [3.8, 4) is 11.5 Å². The number of nitrogens with one attached hydrogen (secondary N) is 1. The van der Waals surface area contributed by atoms with Gasteiger partial charge in [-0.2, -0.15) is 23.7 Å². The van der Waals surface area contributed by atoms with Gasteiger partial charge >= 0.3 is 6.61 Å². The number of methoxy groups -OCH3 is 1. The molecule has 2 aromatic rings. The van der Waals surface area contributed by atoms with Crippen LogP contribution in [0.2, 0.25) is 0 Å². The summed E-state index contributed by atoms with van der Waals surface area (Å²) >= 11 is 5.19. The predicted molar refractivity (Wildman–Crippen MR) is 88.0 cm³/mol. The van der Waals surface area contributed by atoms with Crippen molar-refractivity contribution in [1.82, 2.24) is 14.9 Å². The number of halogens is 2. The summed E-state index contributed by atoms with van der Waals surface area (Å²) in [5.74, 6) is 0.734. The Morgan fingerprint density at radius 3 is 3.00 bits per heavy atom. The largest absolute Gasteiger partial charge is 0.493 e. The Morgan fingerprint density at radius 2 is 2.32 bits per heavy atom. The summed E-state index contributed by atoms with van der Waals surface area (Å²) in [6, 6.07) is 4.51. The average Bonchev–Trinajstić information content (AvgIpc) is 3.23. The van der Waals surface area contributed by atoms with Crippen molar-refractivity contribution in [2.45, 2.75) is 25.6 Å². The SMILES string of the molecule is COc1cc(/C=N\n2c([C@@H]3CCCO3)n[nH]c2=S)ccc1OC(F)F. The molecule has 1 aromatic carbocycles. The van der Waals surface area contributed by atoms with Crippen LogP contribution < -0.4 is 9.47 Å². The Balaban J connectivity index is 1.85. The van der Waals surface area contributed by atoms with Gasteiger partial charge < -0.3 is 14.2 Å². The van der Waals surface area contributed by atoms with Crippen molar-refractivity contribution < 1.29 is 23.0 Å². The van der Waals surface area contributed by atoms with E-state index in [4.69, 9.17) is 21.7 Å². The fraction of sp³-hybridized carbons (Fsp3) is 0.400. The van der Waals surface area contributed by atoms with Crippen molar-refractivity contribution in [3.05, 3.63) is 34.4 Å². The van der Waals surface area contributed by atoms with Gasteiger partial charge in [0.15, 0.2) is 17.3 Å². The average molecular weight is 370 g/mol. The molecule has 3 rings (SSSR count). The van der Waals surface area contributed by atoms with Crippen LogP contribution in [0.15, 0.2) is 23.3 Å². The highest BCUT2D eigenvalue weighted by molar-refractivity contribution is 7.71. The summed E-state index contributed by atoms with van der Waals surface area (Å²) in [6.45, 7) is -2.25. The van der Waals surface area contributed by atoms with Crippen LogP contribution in [0.25, 0.3) is 0 Å². The molecule has 1 atom stereocenters. The lowest BCUT2D eigenvalue weighted by atomic mass is 10.2. The fourth-order valence-corrected chi connectivity index (χ4v) is 2.67. The van der Waals surface area contributed by atoms with Gasteiger partial charge in [-0.3, -0.25) is 5.10 Å². The second-order valence-electron chi connectivity index (χ2n) is 5.23. The Bertz CT molecular complexity index is 815. The van der Waals surface area contributed by atoms with Gasteiger partial charge in [0.05, 0.1) is 13.3 Å². The summed E-state index contributed by atoms with van der Waals surface area (Å²) in [5, 5.41) is 11.2. The standard InChI is InChI=1S/C15H16F2N4O3S/c1-22-12-7-9(4-5-10(12)24-14(16)17)8-18-21-13(19-20-15(21)25)11-3-2-6-23-11/h4-5,7-8,11,14H,2-3,6H2,1H3,(H,20,25)/b18-8-/t11-/m0/s1. The van der Waals surface area contributed by atoms with E-state index in [2.05, 4.69) is 20.0 Å². The molecule has 1 fully saturated rings. The first-order valence-electron chi connectivity index (χ1n) is 7.54. The Labute approximate surface area is 147 Å². The molecule has 0 aliphatic carbocycles. The fourth-order valence-electron chi connectivity index (χ4n) is 2.49. The summed E-state index contributed by atoms with van der Waals surface area (Å²) < 4.78 is 41.6. The zero-order valence-electron chi connectivity index (χ0n) is 13.3. The molecule has 2 heterocycles. The number of hydrogen-bond acceptors (Lipinski definition) is 6. The second-order valence-corrected chi connectivity index (χ2v) is 5.62. The maximum atomic E-state index is 12.4. The van der Waals surface area contributed by atoms with E-state index >= 15 is 0 Å². The zero-order valence-corrected chi connectivity index (χ0v) is 14.1. The number of aromatic nitrogens is 3. The third kappa shape index (κ3) is 4.02. The van der Waals surface area contributed by atoms with Gasteiger partial charge in [0.2, 0.25) is 4.77 Å². The van der Waals surface area contributed by atoms with E-state index in [1.54, 1.807) is 6.07 Å². The maximum Gasteiger partial charge on any atom is 0.387 e. The van der Waals surface area contributed by atoms with Gasteiger partial charge in [0.25, 0.3) is 0 Å². The van der Waals surface area contributed by atoms with E-state index in [1.165, 1.54) is 30.1 Å². The minimum absolute atomic E-state index is 0.0467. The highest BCUT2D eigenvalue weighted by Crippen LogP contribution is 2.29. The summed E-state index contributed by atoms with van der Waals surface area (Å²) in [6.07, 6.45) is 3.18. The minimum atomic E-state index is -2.92. The molecular formula is C15H16F2N4O3S. The normalized spacial score (nSPS) is 17.5. The number of rotatable bonds is 6. The number of hydrogen-bond donors (Lipinski definition) is 1. The first-order chi connectivity index (χ1) is 12.1. The molecule has 1 N–H and O–H groups in total. The second kappa shape index (κ2) is 7.70. The monoisotopic (exact) mass is 370 g/mol. The number of ether oxygens (including phenoxy) is 3. The molecule has 1 aromatic heterocycles. The highest BCUT2D eigenvalue weighted by Gasteiger charge is 2.23. The van der Waals surface area contributed by atoms with Crippen molar-refractivity contribution in [3.63, 3.8) is 0 Å².